The van der Waals surface area contributed by atoms with E-state index in [0.29, 0.717) is 5.56 Å². The summed E-state index contributed by atoms with van der Waals surface area (Å²) in [6.45, 7) is 1.28. The molecule has 1 saturated heterocycles. The highest BCUT2D eigenvalue weighted by Gasteiger charge is 2.27. The van der Waals surface area contributed by atoms with Crippen molar-refractivity contribution >= 4 is 17.7 Å². The van der Waals surface area contributed by atoms with Gasteiger partial charge in [0.2, 0.25) is 11.8 Å². The molecule has 1 N–H and O–H groups in total. The van der Waals surface area contributed by atoms with Crippen LogP contribution >= 0.6 is 0 Å². The molecule has 3 amide bonds. The molecule has 0 atom stereocenters. The molecule has 0 aliphatic carbocycles. The Labute approximate surface area is 103 Å². The zero-order valence-electron chi connectivity index (χ0n) is 9.70. The van der Waals surface area contributed by atoms with Crippen molar-refractivity contribution in [3.63, 3.8) is 0 Å². The van der Waals surface area contributed by atoms with E-state index in [0.717, 1.165) is 11.0 Å². The third kappa shape index (κ3) is 2.37. The lowest BCUT2D eigenvalue weighted by Crippen LogP contribution is -2.53. The summed E-state index contributed by atoms with van der Waals surface area (Å²) in [7, 11) is 0. The largest absolute Gasteiger partial charge is 0.320 e. The van der Waals surface area contributed by atoms with E-state index in [1.165, 1.54) is 12.1 Å². The Kier molecular flexibility index (Phi) is 3.10. The molecule has 0 unspecified atom stereocenters. The smallest absolute Gasteiger partial charge is 0.255 e. The van der Waals surface area contributed by atoms with Crippen LogP contribution in [-0.2, 0) is 9.59 Å². The molecular weight excluding hydrogens is 239 g/mol. The summed E-state index contributed by atoms with van der Waals surface area (Å²) in [6, 6.07) is 3.84. The number of hydrogen-bond acceptors (Lipinski definition) is 3. The molecule has 1 aliphatic rings. The van der Waals surface area contributed by atoms with E-state index < -0.39 is 23.5 Å². The minimum atomic E-state index is -0.534. The van der Waals surface area contributed by atoms with Gasteiger partial charge in [-0.3, -0.25) is 19.7 Å². The van der Waals surface area contributed by atoms with Crippen LogP contribution in [0.4, 0.5) is 4.39 Å². The maximum absolute atomic E-state index is 13.1. The lowest BCUT2D eigenvalue weighted by molar-refractivity contribution is -0.135. The van der Waals surface area contributed by atoms with Crippen LogP contribution in [-0.4, -0.2) is 35.7 Å². The molecule has 0 bridgehead atoms. The van der Waals surface area contributed by atoms with Crippen LogP contribution in [0.1, 0.15) is 15.9 Å². The van der Waals surface area contributed by atoms with Gasteiger partial charge in [-0.05, 0) is 24.6 Å². The number of carbonyl (C=O) groups excluding carboxylic acids is 3. The van der Waals surface area contributed by atoms with E-state index in [2.05, 4.69) is 5.32 Å². The number of nitrogens with zero attached hydrogens (tertiary/aromatic N) is 1. The first-order valence-electron chi connectivity index (χ1n) is 5.35. The Morgan fingerprint density at radius 2 is 1.89 bits per heavy atom. The standard InChI is InChI=1S/C12H11FN2O3/c1-7-2-3-8(13)4-9(7)12(18)15-5-10(16)14-11(17)6-15/h2-4H,5-6H2,1H3,(H,14,16,17). The van der Waals surface area contributed by atoms with Crippen molar-refractivity contribution in [1.29, 1.82) is 0 Å². The van der Waals surface area contributed by atoms with Gasteiger partial charge in [0, 0.05) is 5.56 Å². The summed E-state index contributed by atoms with van der Waals surface area (Å²) < 4.78 is 13.1. The average Bonchev–Trinajstić information content (AvgIpc) is 2.30. The Morgan fingerprint density at radius 3 is 2.50 bits per heavy atom. The Bertz CT molecular complexity index is 526. The number of nitrogens with one attached hydrogen (secondary N) is 1. The summed E-state index contributed by atoms with van der Waals surface area (Å²) in [5, 5.41) is 2.10. The molecule has 1 aliphatic heterocycles. The van der Waals surface area contributed by atoms with Gasteiger partial charge in [0.25, 0.3) is 5.91 Å². The summed E-state index contributed by atoms with van der Waals surface area (Å²) in [6.07, 6.45) is 0. The molecule has 6 heteroatoms. The number of carbonyl (C=O) groups is 3. The molecule has 1 aromatic carbocycles. The predicted molar refractivity (Wildman–Crippen MR) is 60.2 cm³/mol. The number of piperazine rings is 1. The molecule has 0 spiro atoms. The second kappa shape index (κ2) is 4.56. The van der Waals surface area contributed by atoms with Gasteiger partial charge in [-0.1, -0.05) is 6.07 Å². The van der Waals surface area contributed by atoms with Crippen LogP contribution in [0.25, 0.3) is 0 Å². The highest BCUT2D eigenvalue weighted by molar-refractivity contribution is 6.06. The quantitative estimate of drug-likeness (QED) is 0.726. The van der Waals surface area contributed by atoms with E-state index in [1.54, 1.807) is 6.92 Å². The van der Waals surface area contributed by atoms with Gasteiger partial charge in [0.15, 0.2) is 0 Å². The molecule has 0 aromatic heterocycles. The first kappa shape index (κ1) is 12.2. The minimum Gasteiger partial charge on any atom is -0.320 e. The number of rotatable bonds is 1. The Morgan fingerprint density at radius 1 is 1.28 bits per heavy atom. The highest BCUT2D eigenvalue weighted by Crippen LogP contribution is 2.13. The van der Waals surface area contributed by atoms with Crippen molar-refractivity contribution in [2.75, 3.05) is 13.1 Å². The number of amides is 3. The van der Waals surface area contributed by atoms with Crippen LogP contribution in [0.15, 0.2) is 18.2 Å². The summed E-state index contributed by atoms with van der Waals surface area (Å²) >= 11 is 0. The zero-order valence-corrected chi connectivity index (χ0v) is 9.70. The van der Waals surface area contributed by atoms with Gasteiger partial charge in [0.1, 0.15) is 18.9 Å². The Balaban J connectivity index is 2.28. The van der Waals surface area contributed by atoms with Gasteiger partial charge in [-0.25, -0.2) is 4.39 Å². The highest BCUT2D eigenvalue weighted by atomic mass is 19.1. The van der Waals surface area contributed by atoms with Gasteiger partial charge >= 0.3 is 0 Å². The van der Waals surface area contributed by atoms with Crippen LogP contribution in [0.2, 0.25) is 0 Å². The molecule has 5 nitrogen and oxygen atoms in total. The van der Waals surface area contributed by atoms with Gasteiger partial charge in [0.05, 0.1) is 0 Å². The Hall–Kier alpha value is -2.24. The number of aryl methyl sites for hydroxylation is 1. The molecule has 0 radical (unpaired) electrons. The third-order valence-electron chi connectivity index (χ3n) is 2.67. The van der Waals surface area contributed by atoms with E-state index in [4.69, 9.17) is 0 Å². The minimum absolute atomic E-state index is 0.164. The number of halogens is 1. The van der Waals surface area contributed by atoms with E-state index in [-0.39, 0.29) is 18.7 Å². The maximum atomic E-state index is 13.1. The SMILES string of the molecule is Cc1ccc(F)cc1C(=O)N1CC(=O)NC(=O)C1. The third-order valence-corrected chi connectivity index (χ3v) is 2.67. The molecule has 1 fully saturated rings. The first-order valence-corrected chi connectivity index (χ1v) is 5.35. The van der Waals surface area contributed by atoms with Gasteiger partial charge in [-0.15, -0.1) is 0 Å². The average molecular weight is 250 g/mol. The summed E-state index contributed by atoms with van der Waals surface area (Å²) in [5.74, 6) is -2.12. The molecule has 94 valence electrons. The molecule has 1 aromatic rings. The fourth-order valence-corrected chi connectivity index (χ4v) is 1.78. The molecule has 18 heavy (non-hydrogen) atoms. The van der Waals surface area contributed by atoms with E-state index in [9.17, 15) is 18.8 Å². The lowest BCUT2D eigenvalue weighted by Gasteiger charge is -2.26. The van der Waals surface area contributed by atoms with E-state index in [1.807, 2.05) is 0 Å². The van der Waals surface area contributed by atoms with E-state index >= 15 is 0 Å². The second-order valence-electron chi connectivity index (χ2n) is 4.09. The maximum Gasteiger partial charge on any atom is 0.255 e. The van der Waals surface area contributed by atoms with Crippen LogP contribution in [0, 0.1) is 12.7 Å². The predicted octanol–water partition coefficient (Wildman–Crippen LogP) is 0.233. The van der Waals surface area contributed by atoms with Crippen molar-refractivity contribution in [2.45, 2.75) is 6.92 Å². The van der Waals surface area contributed by atoms with Crippen molar-refractivity contribution in [1.82, 2.24) is 10.2 Å². The first-order chi connectivity index (χ1) is 8.47. The van der Waals surface area contributed by atoms with Gasteiger partial charge < -0.3 is 4.90 Å². The zero-order chi connectivity index (χ0) is 13.3. The van der Waals surface area contributed by atoms with Crippen molar-refractivity contribution < 1.29 is 18.8 Å². The van der Waals surface area contributed by atoms with Gasteiger partial charge in [-0.2, -0.15) is 0 Å². The number of benzene rings is 1. The summed E-state index contributed by atoms with van der Waals surface area (Å²) in [5.41, 5.74) is 0.761. The lowest BCUT2D eigenvalue weighted by atomic mass is 10.1. The molecule has 0 saturated carbocycles. The van der Waals surface area contributed by atoms with Crippen LogP contribution in [0.3, 0.4) is 0 Å². The van der Waals surface area contributed by atoms with Crippen molar-refractivity contribution in [3.8, 4) is 0 Å². The summed E-state index contributed by atoms with van der Waals surface area (Å²) in [4.78, 5) is 35.5. The molecule has 2 rings (SSSR count). The van der Waals surface area contributed by atoms with Crippen molar-refractivity contribution in [2.24, 2.45) is 0 Å². The molecule has 1 heterocycles. The van der Waals surface area contributed by atoms with Crippen LogP contribution in [0.5, 0.6) is 0 Å². The topological polar surface area (TPSA) is 66.5 Å². The van der Waals surface area contributed by atoms with Crippen molar-refractivity contribution in [3.05, 3.63) is 35.1 Å². The molecular formula is C12H11FN2O3. The van der Waals surface area contributed by atoms with Crippen LogP contribution < -0.4 is 5.32 Å². The monoisotopic (exact) mass is 250 g/mol. The number of imide groups is 1. The normalized spacial score (nSPS) is 15.6. The fourth-order valence-electron chi connectivity index (χ4n) is 1.78. The second-order valence-corrected chi connectivity index (χ2v) is 4.09. The fraction of sp³-hybridized carbons (Fsp3) is 0.250. The number of hydrogen-bond donors (Lipinski definition) is 1.